The average molecular weight is 714 g/mol. The molecule has 2 aliphatic rings. The molecule has 1 atom stereocenters. The SMILES string of the molecule is CN(C)c1ccc(Nc2nc(N3CCC(N(C)c4ccc5c(C6CCC(=O)NC6=O)nn(C)c5c4)CC3)ncc2Cl)cc1/C=C(\C=O)OCC=O. The summed E-state index contributed by atoms with van der Waals surface area (Å²) in [4.78, 5) is 62.2. The van der Waals surface area contributed by atoms with Crippen LogP contribution in [-0.4, -0.2) is 91.0 Å². The van der Waals surface area contributed by atoms with Crippen LogP contribution in [0, 0.1) is 0 Å². The van der Waals surface area contributed by atoms with Crippen molar-refractivity contribution in [3.8, 4) is 0 Å². The molecule has 1 unspecified atom stereocenters. The van der Waals surface area contributed by atoms with Crippen LogP contribution in [0.1, 0.15) is 42.9 Å². The van der Waals surface area contributed by atoms with Gasteiger partial charge in [-0.15, -0.1) is 0 Å². The van der Waals surface area contributed by atoms with Gasteiger partial charge in [-0.05, 0) is 61.7 Å². The van der Waals surface area contributed by atoms with Crippen molar-refractivity contribution >= 4 is 81.8 Å². The van der Waals surface area contributed by atoms with E-state index in [1.165, 1.54) is 0 Å². The molecule has 4 aromatic rings. The number of carbonyl (C=O) groups excluding carboxylic acids is 4. The summed E-state index contributed by atoms with van der Waals surface area (Å²) < 4.78 is 7.05. The minimum Gasteiger partial charge on any atom is -0.483 e. The predicted octanol–water partition coefficient (Wildman–Crippen LogP) is 4.21. The summed E-state index contributed by atoms with van der Waals surface area (Å²) in [6, 6.07) is 12.1. The van der Waals surface area contributed by atoms with Gasteiger partial charge in [0.25, 0.3) is 0 Å². The summed E-state index contributed by atoms with van der Waals surface area (Å²) in [5, 5.41) is 11.7. The number of aryl methyl sites for hydroxylation is 1. The normalized spacial score (nSPS) is 16.9. The van der Waals surface area contributed by atoms with Crippen LogP contribution in [-0.2, 0) is 31.0 Å². The molecular formula is C36H40ClN9O5. The highest BCUT2D eigenvalue weighted by molar-refractivity contribution is 6.32. The number of anilines is 5. The molecular weight excluding hydrogens is 674 g/mol. The van der Waals surface area contributed by atoms with Gasteiger partial charge in [0.05, 0.1) is 23.3 Å². The fourth-order valence-electron chi connectivity index (χ4n) is 6.65. The van der Waals surface area contributed by atoms with E-state index in [-0.39, 0.29) is 30.2 Å². The van der Waals surface area contributed by atoms with Gasteiger partial charge in [0, 0.05) is 81.8 Å². The quantitative estimate of drug-likeness (QED) is 0.0936. The summed E-state index contributed by atoms with van der Waals surface area (Å²) in [6.07, 6.45) is 6.84. The van der Waals surface area contributed by atoms with Gasteiger partial charge in [0.15, 0.2) is 24.1 Å². The number of rotatable bonds is 12. The zero-order valence-electron chi connectivity index (χ0n) is 28.9. The minimum atomic E-state index is -0.444. The van der Waals surface area contributed by atoms with Crippen LogP contribution >= 0.6 is 11.6 Å². The number of amides is 2. The number of aldehydes is 2. The summed E-state index contributed by atoms with van der Waals surface area (Å²) in [5.74, 6) is 0.0737. The first kappa shape index (κ1) is 35.3. The molecule has 4 heterocycles. The van der Waals surface area contributed by atoms with Gasteiger partial charge in [-0.25, -0.2) is 4.98 Å². The number of nitrogens with zero attached hydrogens (tertiary/aromatic N) is 7. The molecule has 2 N–H and O–H groups in total. The lowest BCUT2D eigenvalue weighted by atomic mass is 9.92. The molecule has 2 aliphatic heterocycles. The fourth-order valence-corrected chi connectivity index (χ4v) is 6.79. The Morgan fingerprint density at radius 2 is 1.88 bits per heavy atom. The third kappa shape index (κ3) is 7.65. The van der Waals surface area contributed by atoms with Crippen molar-refractivity contribution in [2.75, 3.05) is 60.9 Å². The Morgan fingerprint density at radius 1 is 1.10 bits per heavy atom. The first-order valence-electron chi connectivity index (χ1n) is 16.7. The molecule has 2 fully saturated rings. The minimum absolute atomic E-state index is 0.0372. The molecule has 51 heavy (non-hydrogen) atoms. The van der Waals surface area contributed by atoms with Gasteiger partial charge in [-0.1, -0.05) is 11.6 Å². The van der Waals surface area contributed by atoms with Gasteiger partial charge in [-0.3, -0.25) is 29.2 Å². The molecule has 0 saturated carbocycles. The molecule has 2 aromatic carbocycles. The summed E-state index contributed by atoms with van der Waals surface area (Å²) in [5.41, 5.74) is 4.92. The number of ether oxygens (including phenoxy) is 1. The third-order valence-electron chi connectivity index (χ3n) is 9.37. The highest BCUT2D eigenvalue weighted by Gasteiger charge is 2.32. The van der Waals surface area contributed by atoms with E-state index < -0.39 is 5.92 Å². The van der Waals surface area contributed by atoms with E-state index in [9.17, 15) is 19.2 Å². The summed E-state index contributed by atoms with van der Waals surface area (Å²) in [6.45, 7) is 1.26. The second kappa shape index (κ2) is 15.2. The molecule has 2 saturated heterocycles. The number of benzene rings is 2. The average Bonchev–Trinajstić information content (AvgIpc) is 3.45. The van der Waals surface area contributed by atoms with E-state index in [0.717, 1.165) is 48.2 Å². The lowest BCUT2D eigenvalue weighted by molar-refractivity contribution is -0.134. The van der Waals surface area contributed by atoms with Gasteiger partial charge >= 0.3 is 0 Å². The number of hydrogen-bond donors (Lipinski definition) is 2. The fraction of sp³-hybridized carbons (Fsp3) is 0.361. The lowest BCUT2D eigenvalue weighted by Gasteiger charge is -2.38. The number of hydrogen-bond acceptors (Lipinski definition) is 12. The van der Waals surface area contributed by atoms with Crippen LogP contribution < -0.4 is 25.3 Å². The standard InChI is InChI=1S/C36H40ClN9O5/c1-43(2)30-9-5-23(17-22(30)18-26(21-48)51-16-15-47)39-34-29(37)20-38-36(41-34)46-13-11-24(12-14-46)44(3)25-6-7-27-31(19-25)45(4)42-33(27)28-8-10-32(49)40-35(28)50/h5-7,9,15,17-21,24,28H,8,10-14,16H2,1-4H3,(H,38,39,41)(H,40,49,50)/b26-18+. The van der Waals surface area contributed by atoms with Gasteiger partial charge < -0.3 is 24.8 Å². The second-order valence-corrected chi connectivity index (χ2v) is 13.3. The van der Waals surface area contributed by atoms with Crippen molar-refractivity contribution in [2.24, 2.45) is 7.05 Å². The number of aromatic nitrogens is 4. The highest BCUT2D eigenvalue weighted by Crippen LogP contribution is 2.34. The predicted molar refractivity (Wildman–Crippen MR) is 197 cm³/mol. The third-order valence-corrected chi connectivity index (χ3v) is 9.65. The van der Waals surface area contributed by atoms with E-state index in [1.807, 2.05) is 50.3 Å². The van der Waals surface area contributed by atoms with Gasteiger partial charge in [0.2, 0.25) is 17.8 Å². The number of halogens is 1. The molecule has 6 rings (SSSR count). The van der Waals surface area contributed by atoms with Crippen LogP contribution in [0.25, 0.3) is 17.0 Å². The van der Waals surface area contributed by atoms with Crippen molar-refractivity contribution < 1.29 is 23.9 Å². The number of carbonyl (C=O) groups is 4. The Balaban J connectivity index is 1.14. The Labute approximate surface area is 300 Å². The van der Waals surface area contributed by atoms with Crippen molar-refractivity contribution in [1.82, 2.24) is 25.1 Å². The number of nitrogens with one attached hydrogen (secondary N) is 2. The Morgan fingerprint density at radius 3 is 2.59 bits per heavy atom. The molecule has 2 aromatic heterocycles. The second-order valence-electron chi connectivity index (χ2n) is 12.8. The van der Waals surface area contributed by atoms with E-state index in [1.54, 1.807) is 17.0 Å². The molecule has 2 amide bonds. The first-order valence-corrected chi connectivity index (χ1v) is 17.1. The summed E-state index contributed by atoms with van der Waals surface area (Å²) >= 11 is 6.54. The maximum Gasteiger partial charge on any atom is 0.235 e. The molecule has 14 nitrogen and oxygen atoms in total. The van der Waals surface area contributed by atoms with Crippen LogP contribution in [0.15, 0.2) is 48.4 Å². The Hall–Kier alpha value is -5.50. The molecule has 0 aliphatic carbocycles. The number of piperidine rings is 2. The topological polar surface area (TPSA) is 155 Å². The molecule has 0 bridgehead atoms. The van der Waals surface area contributed by atoms with Crippen LogP contribution in [0.5, 0.6) is 0 Å². The molecule has 0 spiro atoms. The molecule has 266 valence electrons. The van der Waals surface area contributed by atoms with Crippen LogP contribution in [0.3, 0.4) is 0 Å². The van der Waals surface area contributed by atoms with Gasteiger partial charge in [-0.2, -0.15) is 10.1 Å². The van der Waals surface area contributed by atoms with Crippen molar-refractivity contribution in [2.45, 2.75) is 37.6 Å². The maximum absolute atomic E-state index is 12.6. The molecule has 15 heteroatoms. The Kier molecular flexibility index (Phi) is 10.5. The number of allylic oxidation sites excluding steroid dienone is 1. The first-order chi connectivity index (χ1) is 24.6. The smallest absolute Gasteiger partial charge is 0.235 e. The highest BCUT2D eigenvalue weighted by atomic mass is 35.5. The Bertz CT molecular complexity index is 2000. The lowest BCUT2D eigenvalue weighted by Crippen LogP contribution is -2.44. The van der Waals surface area contributed by atoms with Crippen LogP contribution in [0.2, 0.25) is 5.02 Å². The zero-order chi connectivity index (χ0) is 36.2. The number of imide groups is 1. The van der Waals surface area contributed by atoms with Crippen molar-refractivity contribution in [3.63, 3.8) is 0 Å². The zero-order valence-corrected chi connectivity index (χ0v) is 29.7. The monoisotopic (exact) mass is 713 g/mol. The maximum atomic E-state index is 12.6. The van der Waals surface area contributed by atoms with E-state index in [2.05, 4.69) is 49.7 Å². The largest absolute Gasteiger partial charge is 0.483 e. The van der Waals surface area contributed by atoms with E-state index in [0.29, 0.717) is 59.1 Å². The summed E-state index contributed by atoms with van der Waals surface area (Å²) in [7, 11) is 7.75. The van der Waals surface area contributed by atoms with Gasteiger partial charge in [0.1, 0.15) is 11.6 Å². The molecule has 0 radical (unpaired) electrons. The van der Waals surface area contributed by atoms with Crippen molar-refractivity contribution in [3.05, 3.63) is 64.6 Å². The van der Waals surface area contributed by atoms with Crippen molar-refractivity contribution in [1.29, 1.82) is 0 Å². The van der Waals surface area contributed by atoms with E-state index >= 15 is 0 Å². The van der Waals surface area contributed by atoms with E-state index in [4.69, 9.17) is 21.3 Å². The van der Waals surface area contributed by atoms with Crippen LogP contribution in [0.4, 0.5) is 28.8 Å². The number of fused-ring (bicyclic) bond motifs is 1.